The summed E-state index contributed by atoms with van der Waals surface area (Å²) in [5.74, 6) is -0.915. The third-order valence-corrected chi connectivity index (χ3v) is 3.25. The van der Waals surface area contributed by atoms with Gasteiger partial charge >= 0.3 is 5.97 Å². The van der Waals surface area contributed by atoms with Crippen molar-refractivity contribution in [3.63, 3.8) is 0 Å². The van der Waals surface area contributed by atoms with Crippen LogP contribution in [0, 0.1) is 13.8 Å². The van der Waals surface area contributed by atoms with Crippen molar-refractivity contribution in [2.75, 3.05) is 11.9 Å². The van der Waals surface area contributed by atoms with Gasteiger partial charge in [0.25, 0.3) is 5.91 Å². The molecule has 118 valence electrons. The molecular formula is C19H19NO3. The highest BCUT2D eigenvalue weighted by Gasteiger charge is 2.06. The summed E-state index contributed by atoms with van der Waals surface area (Å²) in [6.07, 6.45) is 2.97. The predicted octanol–water partition coefficient (Wildman–Crippen LogP) is 3.50. The monoisotopic (exact) mass is 309 g/mol. The molecule has 0 aromatic heterocycles. The summed E-state index contributed by atoms with van der Waals surface area (Å²) in [6.45, 7) is 3.58. The van der Waals surface area contributed by atoms with Crippen LogP contribution in [0.1, 0.15) is 16.7 Å². The fourth-order valence-corrected chi connectivity index (χ4v) is 1.93. The Morgan fingerprint density at radius 2 is 1.74 bits per heavy atom. The van der Waals surface area contributed by atoms with Crippen LogP contribution in [-0.2, 0) is 14.3 Å². The van der Waals surface area contributed by atoms with Crippen molar-refractivity contribution in [1.82, 2.24) is 0 Å². The Labute approximate surface area is 135 Å². The van der Waals surface area contributed by atoms with Crippen LogP contribution in [0.5, 0.6) is 0 Å². The number of aryl methyl sites for hydroxylation is 2. The van der Waals surface area contributed by atoms with Gasteiger partial charge in [-0.1, -0.05) is 48.0 Å². The van der Waals surface area contributed by atoms with E-state index in [9.17, 15) is 9.59 Å². The molecule has 4 nitrogen and oxygen atoms in total. The van der Waals surface area contributed by atoms with Crippen molar-refractivity contribution in [1.29, 1.82) is 0 Å². The molecule has 0 saturated carbocycles. The number of nitrogens with one attached hydrogen (secondary N) is 1. The van der Waals surface area contributed by atoms with Crippen molar-refractivity contribution in [3.8, 4) is 0 Å². The lowest BCUT2D eigenvalue weighted by molar-refractivity contribution is -0.142. The Morgan fingerprint density at radius 3 is 2.43 bits per heavy atom. The number of hydrogen-bond donors (Lipinski definition) is 1. The van der Waals surface area contributed by atoms with Crippen molar-refractivity contribution >= 4 is 23.6 Å². The first-order valence-electron chi connectivity index (χ1n) is 7.31. The van der Waals surface area contributed by atoms with Gasteiger partial charge in [0.2, 0.25) is 0 Å². The largest absolute Gasteiger partial charge is 0.452 e. The lowest BCUT2D eigenvalue weighted by Gasteiger charge is -2.07. The maximum Gasteiger partial charge on any atom is 0.331 e. The first kappa shape index (κ1) is 16.5. The summed E-state index contributed by atoms with van der Waals surface area (Å²) in [4.78, 5) is 23.4. The standard InChI is InChI=1S/C19H19NO3/c1-14-7-9-16(10-8-14)11-12-19(22)23-13-18(21)20-17-6-4-3-5-15(17)2/h3-12H,13H2,1-2H3,(H,20,21)/b12-11+. The van der Waals surface area contributed by atoms with Gasteiger partial charge in [-0.05, 0) is 37.1 Å². The number of carbonyl (C=O) groups is 2. The van der Waals surface area contributed by atoms with Crippen LogP contribution in [0.3, 0.4) is 0 Å². The average molecular weight is 309 g/mol. The van der Waals surface area contributed by atoms with Crippen LogP contribution in [0.4, 0.5) is 5.69 Å². The quantitative estimate of drug-likeness (QED) is 0.679. The van der Waals surface area contributed by atoms with Gasteiger partial charge in [-0.3, -0.25) is 4.79 Å². The zero-order valence-corrected chi connectivity index (χ0v) is 13.2. The highest BCUT2D eigenvalue weighted by Crippen LogP contribution is 2.12. The Kier molecular flexibility index (Phi) is 5.69. The van der Waals surface area contributed by atoms with Gasteiger partial charge in [0.05, 0.1) is 0 Å². The van der Waals surface area contributed by atoms with Crippen molar-refractivity contribution in [2.45, 2.75) is 13.8 Å². The molecule has 4 heteroatoms. The molecule has 0 heterocycles. The minimum Gasteiger partial charge on any atom is -0.452 e. The number of hydrogen-bond acceptors (Lipinski definition) is 3. The number of ether oxygens (including phenoxy) is 1. The highest BCUT2D eigenvalue weighted by molar-refractivity contribution is 5.95. The molecule has 23 heavy (non-hydrogen) atoms. The van der Waals surface area contributed by atoms with Crippen LogP contribution >= 0.6 is 0 Å². The zero-order chi connectivity index (χ0) is 16.7. The molecule has 0 fully saturated rings. The Morgan fingerprint density at radius 1 is 1.04 bits per heavy atom. The van der Waals surface area contributed by atoms with Gasteiger partial charge in [-0.2, -0.15) is 0 Å². The maximum absolute atomic E-state index is 11.8. The van der Waals surface area contributed by atoms with E-state index in [4.69, 9.17) is 4.74 Å². The van der Waals surface area contributed by atoms with Crippen LogP contribution < -0.4 is 5.32 Å². The molecule has 0 bridgehead atoms. The van der Waals surface area contributed by atoms with Crippen molar-refractivity contribution in [2.24, 2.45) is 0 Å². The number of para-hydroxylation sites is 1. The Bertz CT molecular complexity index is 718. The van der Waals surface area contributed by atoms with Gasteiger partial charge in [0.1, 0.15) is 0 Å². The van der Waals surface area contributed by atoms with Gasteiger partial charge in [0.15, 0.2) is 6.61 Å². The minimum atomic E-state index is -0.550. The SMILES string of the molecule is Cc1ccc(/C=C/C(=O)OCC(=O)Nc2ccccc2C)cc1. The van der Waals surface area contributed by atoms with Crippen LogP contribution in [0.15, 0.2) is 54.6 Å². The molecule has 0 atom stereocenters. The van der Waals surface area contributed by atoms with Gasteiger partial charge in [-0.25, -0.2) is 4.79 Å². The third-order valence-electron chi connectivity index (χ3n) is 3.25. The molecule has 1 N–H and O–H groups in total. The van der Waals surface area contributed by atoms with E-state index in [0.717, 1.165) is 16.7 Å². The molecule has 0 saturated heterocycles. The summed E-state index contributed by atoms with van der Waals surface area (Å²) in [7, 11) is 0. The van der Waals surface area contributed by atoms with Crippen molar-refractivity contribution in [3.05, 3.63) is 71.3 Å². The molecule has 0 radical (unpaired) electrons. The fraction of sp³-hybridized carbons (Fsp3) is 0.158. The third kappa shape index (κ3) is 5.43. The second-order valence-electron chi connectivity index (χ2n) is 5.21. The Balaban J connectivity index is 1.81. The summed E-state index contributed by atoms with van der Waals surface area (Å²) in [5.41, 5.74) is 3.71. The summed E-state index contributed by atoms with van der Waals surface area (Å²) >= 11 is 0. The first-order chi connectivity index (χ1) is 11.0. The normalized spacial score (nSPS) is 10.5. The summed E-state index contributed by atoms with van der Waals surface area (Å²) < 4.78 is 4.92. The molecule has 0 aliphatic heterocycles. The zero-order valence-electron chi connectivity index (χ0n) is 13.2. The summed E-state index contributed by atoms with van der Waals surface area (Å²) in [5, 5.41) is 2.71. The lowest BCUT2D eigenvalue weighted by Crippen LogP contribution is -2.20. The molecule has 1 amide bonds. The van der Waals surface area contributed by atoms with E-state index in [-0.39, 0.29) is 12.5 Å². The minimum absolute atomic E-state index is 0.314. The van der Waals surface area contributed by atoms with E-state index in [2.05, 4.69) is 5.32 Å². The molecular weight excluding hydrogens is 290 g/mol. The molecule has 0 aliphatic rings. The van der Waals surface area contributed by atoms with E-state index >= 15 is 0 Å². The van der Waals surface area contributed by atoms with Crippen LogP contribution in [0.2, 0.25) is 0 Å². The van der Waals surface area contributed by atoms with E-state index in [1.54, 1.807) is 12.1 Å². The number of amides is 1. The fourth-order valence-electron chi connectivity index (χ4n) is 1.93. The molecule has 0 unspecified atom stereocenters. The lowest BCUT2D eigenvalue weighted by atomic mass is 10.1. The van der Waals surface area contributed by atoms with E-state index in [1.165, 1.54) is 6.08 Å². The number of benzene rings is 2. The van der Waals surface area contributed by atoms with E-state index in [1.807, 2.05) is 56.3 Å². The van der Waals surface area contributed by atoms with Gasteiger partial charge < -0.3 is 10.1 Å². The van der Waals surface area contributed by atoms with Crippen LogP contribution in [0.25, 0.3) is 6.08 Å². The van der Waals surface area contributed by atoms with E-state index in [0.29, 0.717) is 5.69 Å². The van der Waals surface area contributed by atoms with E-state index < -0.39 is 5.97 Å². The van der Waals surface area contributed by atoms with Gasteiger partial charge in [0, 0.05) is 11.8 Å². The maximum atomic E-state index is 11.8. The Hall–Kier alpha value is -2.88. The number of anilines is 1. The summed E-state index contributed by atoms with van der Waals surface area (Å²) in [6, 6.07) is 15.1. The molecule has 0 spiro atoms. The number of carbonyl (C=O) groups excluding carboxylic acids is 2. The second-order valence-corrected chi connectivity index (χ2v) is 5.21. The molecule has 0 aliphatic carbocycles. The topological polar surface area (TPSA) is 55.4 Å². The molecule has 2 aromatic carbocycles. The number of rotatable bonds is 5. The predicted molar refractivity (Wildman–Crippen MR) is 91.0 cm³/mol. The van der Waals surface area contributed by atoms with Crippen LogP contribution in [-0.4, -0.2) is 18.5 Å². The molecule has 2 aromatic rings. The average Bonchev–Trinajstić information content (AvgIpc) is 2.54. The second kappa shape index (κ2) is 7.94. The first-order valence-corrected chi connectivity index (χ1v) is 7.31. The van der Waals surface area contributed by atoms with Gasteiger partial charge in [-0.15, -0.1) is 0 Å². The smallest absolute Gasteiger partial charge is 0.331 e. The number of esters is 1. The van der Waals surface area contributed by atoms with Crippen molar-refractivity contribution < 1.29 is 14.3 Å². The highest BCUT2D eigenvalue weighted by atomic mass is 16.5. The molecule has 2 rings (SSSR count).